The Morgan fingerprint density at radius 2 is 1.66 bits per heavy atom. The van der Waals surface area contributed by atoms with Gasteiger partial charge in [-0.05, 0) is 68.4 Å². The van der Waals surface area contributed by atoms with Crippen molar-refractivity contribution in [2.75, 3.05) is 24.5 Å². The minimum absolute atomic E-state index is 0.0800. The van der Waals surface area contributed by atoms with E-state index in [1.165, 1.54) is 68.6 Å². The zero-order valence-corrected chi connectivity index (χ0v) is 22.8. The third kappa shape index (κ3) is 6.81. The molecule has 0 aliphatic carbocycles. The van der Waals surface area contributed by atoms with E-state index in [9.17, 15) is 22.4 Å². The number of nitrogens with one attached hydrogen (secondary N) is 1. The van der Waals surface area contributed by atoms with Gasteiger partial charge in [-0.1, -0.05) is 29.8 Å². The van der Waals surface area contributed by atoms with E-state index in [1.807, 2.05) is 6.92 Å². The number of hydrogen-bond donors (Lipinski definition) is 1. The Kier molecular flexibility index (Phi) is 9.71. The summed E-state index contributed by atoms with van der Waals surface area (Å²) in [5.41, 5.74) is 0.389. The number of rotatable bonds is 11. The number of benzene rings is 3. The van der Waals surface area contributed by atoms with Crippen molar-refractivity contribution < 1.29 is 27.1 Å². The lowest BCUT2D eigenvalue weighted by Crippen LogP contribution is -2.50. The highest BCUT2D eigenvalue weighted by atomic mass is 35.5. The van der Waals surface area contributed by atoms with Crippen LogP contribution in [0.1, 0.15) is 19.4 Å². The molecule has 0 aliphatic heterocycles. The summed E-state index contributed by atoms with van der Waals surface area (Å²) in [5.74, 6) is -1.20. The molecule has 0 saturated carbocycles. The number of sulfonamides is 1. The molecule has 38 heavy (non-hydrogen) atoms. The van der Waals surface area contributed by atoms with E-state index in [4.69, 9.17) is 16.3 Å². The maximum absolute atomic E-state index is 14.5. The first-order valence-corrected chi connectivity index (χ1v) is 13.7. The topological polar surface area (TPSA) is 96.0 Å². The van der Waals surface area contributed by atoms with E-state index in [0.29, 0.717) is 17.4 Å². The standard InChI is InChI=1S/C27H29ClFN3O5S/c1-4-37-23-13-11-22(12-14-23)32(38(35,36)24-15-9-21(28)10-16-24)18-26(33)31(19(2)27(34)30-3)17-20-7-5-6-8-25(20)29/h5-16,19H,4,17-18H2,1-3H3,(H,30,34). The average molecular weight is 562 g/mol. The largest absolute Gasteiger partial charge is 0.494 e. The minimum Gasteiger partial charge on any atom is -0.494 e. The molecule has 0 aliphatic rings. The molecule has 0 bridgehead atoms. The van der Waals surface area contributed by atoms with E-state index in [0.717, 1.165) is 9.21 Å². The highest BCUT2D eigenvalue weighted by Gasteiger charge is 2.32. The maximum atomic E-state index is 14.5. The molecule has 0 spiro atoms. The van der Waals surface area contributed by atoms with Crippen molar-refractivity contribution in [2.24, 2.45) is 0 Å². The van der Waals surface area contributed by atoms with Gasteiger partial charge in [-0.15, -0.1) is 0 Å². The Bertz CT molecular complexity index is 1370. The maximum Gasteiger partial charge on any atom is 0.264 e. The number of nitrogens with zero attached hydrogens (tertiary/aromatic N) is 2. The number of hydrogen-bond acceptors (Lipinski definition) is 5. The van der Waals surface area contributed by atoms with Crippen LogP contribution in [0.3, 0.4) is 0 Å². The van der Waals surface area contributed by atoms with Gasteiger partial charge in [0.15, 0.2) is 0 Å². The fourth-order valence-corrected chi connectivity index (χ4v) is 5.28. The van der Waals surface area contributed by atoms with Crippen LogP contribution in [0, 0.1) is 5.82 Å². The molecule has 0 heterocycles. The number of halogens is 2. The lowest BCUT2D eigenvalue weighted by Gasteiger charge is -2.31. The number of amides is 2. The number of likely N-dealkylation sites (N-methyl/N-ethyl adjacent to an activating group) is 1. The molecule has 0 radical (unpaired) electrons. The number of carbonyl (C=O) groups excluding carboxylic acids is 2. The van der Waals surface area contributed by atoms with Gasteiger partial charge in [0.25, 0.3) is 10.0 Å². The second-order valence-corrected chi connectivity index (χ2v) is 10.6. The summed E-state index contributed by atoms with van der Waals surface area (Å²) >= 11 is 5.95. The third-order valence-electron chi connectivity index (χ3n) is 5.83. The van der Waals surface area contributed by atoms with Crippen LogP contribution >= 0.6 is 11.6 Å². The van der Waals surface area contributed by atoms with Crippen molar-refractivity contribution in [1.82, 2.24) is 10.2 Å². The van der Waals surface area contributed by atoms with Crippen LogP contribution < -0.4 is 14.4 Å². The molecule has 11 heteroatoms. The van der Waals surface area contributed by atoms with Crippen molar-refractivity contribution in [3.63, 3.8) is 0 Å². The van der Waals surface area contributed by atoms with E-state index in [1.54, 1.807) is 18.2 Å². The first kappa shape index (κ1) is 28.9. The Hall–Kier alpha value is -3.63. The van der Waals surface area contributed by atoms with Crippen molar-refractivity contribution in [3.8, 4) is 5.75 Å². The molecule has 1 atom stereocenters. The SMILES string of the molecule is CCOc1ccc(N(CC(=O)N(Cc2ccccc2F)C(C)C(=O)NC)S(=O)(=O)c2ccc(Cl)cc2)cc1. The molecule has 1 N–H and O–H groups in total. The summed E-state index contributed by atoms with van der Waals surface area (Å²) in [6, 6.07) is 16.7. The van der Waals surface area contributed by atoms with Crippen molar-refractivity contribution in [3.05, 3.63) is 89.2 Å². The second kappa shape index (κ2) is 12.7. The highest BCUT2D eigenvalue weighted by Crippen LogP contribution is 2.27. The second-order valence-electron chi connectivity index (χ2n) is 8.30. The monoisotopic (exact) mass is 561 g/mol. The van der Waals surface area contributed by atoms with E-state index >= 15 is 0 Å². The van der Waals surface area contributed by atoms with Crippen molar-refractivity contribution >= 4 is 39.1 Å². The number of ether oxygens (including phenoxy) is 1. The van der Waals surface area contributed by atoms with Gasteiger partial charge < -0.3 is 15.0 Å². The Morgan fingerprint density at radius 3 is 2.24 bits per heavy atom. The zero-order chi connectivity index (χ0) is 27.9. The molecule has 3 rings (SSSR count). The summed E-state index contributed by atoms with van der Waals surface area (Å²) in [5, 5.41) is 2.83. The van der Waals surface area contributed by atoms with Crippen LogP contribution in [0.2, 0.25) is 5.02 Å². The molecule has 2 amide bonds. The van der Waals surface area contributed by atoms with E-state index < -0.39 is 40.2 Å². The molecule has 0 saturated heterocycles. The molecular formula is C27H29ClFN3O5S. The molecule has 0 fully saturated rings. The van der Waals surface area contributed by atoms with Crippen LogP contribution in [0.5, 0.6) is 5.75 Å². The lowest BCUT2D eigenvalue weighted by atomic mass is 10.1. The summed E-state index contributed by atoms with van der Waals surface area (Å²) in [6.07, 6.45) is 0. The van der Waals surface area contributed by atoms with Crippen LogP contribution in [0.15, 0.2) is 77.7 Å². The fourth-order valence-electron chi connectivity index (χ4n) is 3.74. The Balaban J connectivity index is 2.04. The van der Waals surface area contributed by atoms with Gasteiger partial charge in [-0.25, -0.2) is 12.8 Å². The summed E-state index contributed by atoms with van der Waals surface area (Å²) in [7, 11) is -2.83. The minimum atomic E-state index is -4.25. The van der Waals surface area contributed by atoms with Crippen LogP contribution in [0.4, 0.5) is 10.1 Å². The van der Waals surface area contributed by atoms with Crippen LogP contribution in [-0.4, -0.2) is 51.4 Å². The normalized spacial score (nSPS) is 11.9. The van der Waals surface area contributed by atoms with Crippen LogP contribution in [0.25, 0.3) is 0 Å². The van der Waals surface area contributed by atoms with Crippen molar-refractivity contribution in [2.45, 2.75) is 31.3 Å². The third-order valence-corrected chi connectivity index (χ3v) is 7.87. The molecule has 1 unspecified atom stereocenters. The highest BCUT2D eigenvalue weighted by molar-refractivity contribution is 7.92. The zero-order valence-electron chi connectivity index (χ0n) is 21.2. The van der Waals surface area contributed by atoms with Gasteiger partial charge in [0.2, 0.25) is 11.8 Å². The Morgan fingerprint density at radius 1 is 1.03 bits per heavy atom. The molecule has 3 aromatic rings. The van der Waals surface area contributed by atoms with Gasteiger partial charge >= 0.3 is 0 Å². The molecule has 0 aromatic heterocycles. The van der Waals surface area contributed by atoms with Crippen LogP contribution in [-0.2, 0) is 26.2 Å². The molecule has 202 valence electrons. The quantitative estimate of drug-likeness (QED) is 0.378. The summed E-state index contributed by atoms with van der Waals surface area (Å²) in [4.78, 5) is 27.2. The molecule has 3 aromatic carbocycles. The fraction of sp³-hybridized carbons (Fsp3) is 0.259. The predicted molar refractivity (Wildman–Crippen MR) is 144 cm³/mol. The van der Waals surface area contributed by atoms with Gasteiger partial charge in [-0.2, -0.15) is 0 Å². The first-order chi connectivity index (χ1) is 18.1. The summed E-state index contributed by atoms with van der Waals surface area (Å²) in [6.45, 7) is 2.86. The summed E-state index contributed by atoms with van der Waals surface area (Å²) < 4.78 is 48.3. The van der Waals surface area contributed by atoms with Gasteiger partial charge in [0.05, 0.1) is 17.2 Å². The smallest absolute Gasteiger partial charge is 0.264 e. The van der Waals surface area contributed by atoms with Gasteiger partial charge in [0.1, 0.15) is 24.2 Å². The first-order valence-electron chi connectivity index (χ1n) is 11.8. The van der Waals surface area contributed by atoms with Gasteiger partial charge in [0, 0.05) is 24.2 Å². The Labute approximate surface area is 227 Å². The predicted octanol–water partition coefficient (Wildman–Crippen LogP) is 4.24. The van der Waals surface area contributed by atoms with Gasteiger partial charge in [-0.3, -0.25) is 13.9 Å². The van der Waals surface area contributed by atoms with Crippen molar-refractivity contribution in [1.29, 1.82) is 0 Å². The van der Waals surface area contributed by atoms with E-state index in [-0.39, 0.29) is 22.7 Å². The number of carbonyl (C=O) groups is 2. The number of anilines is 1. The average Bonchev–Trinajstić information content (AvgIpc) is 2.91. The van der Waals surface area contributed by atoms with E-state index in [2.05, 4.69) is 5.32 Å². The lowest BCUT2D eigenvalue weighted by molar-refractivity contribution is -0.139. The molecule has 8 nitrogen and oxygen atoms in total. The molecular weight excluding hydrogens is 533 g/mol.